The highest BCUT2D eigenvalue weighted by molar-refractivity contribution is 9.10. The van der Waals surface area contributed by atoms with Crippen LogP contribution < -0.4 is 5.32 Å². The van der Waals surface area contributed by atoms with E-state index in [1.165, 1.54) is 23.1 Å². The molecule has 0 spiro atoms. The summed E-state index contributed by atoms with van der Waals surface area (Å²) in [5.74, 6) is 1.02. The zero-order valence-electron chi connectivity index (χ0n) is 16.4. The summed E-state index contributed by atoms with van der Waals surface area (Å²) in [7, 11) is 1.93. The van der Waals surface area contributed by atoms with Crippen molar-refractivity contribution in [3.8, 4) is 11.3 Å². The van der Waals surface area contributed by atoms with E-state index in [0.29, 0.717) is 5.13 Å². The lowest BCUT2D eigenvalue weighted by Crippen LogP contribution is -2.36. The van der Waals surface area contributed by atoms with E-state index in [4.69, 9.17) is 4.74 Å². The highest BCUT2D eigenvalue weighted by Gasteiger charge is 2.17. The fraction of sp³-hybridized carbons (Fsp3) is 0.368. The first-order chi connectivity index (χ1) is 14.6. The van der Waals surface area contributed by atoms with Crippen LogP contribution in [-0.2, 0) is 23.1 Å². The molecule has 0 aliphatic carbocycles. The number of amides is 1. The van der Waals surface area contributed by atoms with Gasteiger partial charge in [-0.25, -0.2) is 4.98 Å². The summed E-state index contributed by atoms with van der Waals surface area (Å²) >= 11 is 6.21. The van der Waals surface area contributed by atoms with E-state index < -0.39 is 0 Å². The Kier molecular flexibility index (Phi) is 7.16. The fourth-order valence-electron chi connectivity index (χ4n) is 2.94. The average molecular weight is 509 g/mol. The maximum atomic E-state index is 12.4. The summed E-state index contributed by atoms with van der Waals surface area (Å²) in [6, 6.07) is 7.92. The third kappa shape index (κ3) is 5.46. The van der Waals surface area contributed by atoms with Crippen LogP contribution in [0.15, 0.2) is 39.3 Å². The number of anilines is 1. The average Bonchev–Trinajstić information content (AvgIpc) is 3.35. The summed E-state index contributed by atoms with van der Waals surface area (Å²) in [4.78, 5) is 19.2. The molecule has 1 aliphatic rings. The van der Waals surface area contributed by atoms with Crippen molar-refractivity contribution in [2.24, 2.45) is 7.05 Å². The number of aromatic nitrogens is 4. The van der Waals surface area contributed by atoms with Gasteiger partial charge in [-0.15, -0.1) is 21.5 Å². The van der Waals surface area contributed by atoms with Crippen molar-refractivity contribution in [3.63, 3.8) is 0 Å². The lowest BCUT2D eigenvalue weighted by molar-refractivity contribution is -0.113. The van der Waals surface area contributed by atoms with Crippen molar-refractivity contribution in [1.29, 1.82) is 0 Å². The first kappa shape index (κ1) is 21.4. The Morgan fingerprint density at radius 3 is 2.80 bits per heavy atom. The Hall–Kier alpha value is -1.79. The predicted octanol–water partition coefficient (Wildman–Crippen LogP) is 3.26. The molecule has 8 nitrogen and oxygen atoms in total. The Bertz CT molecular complexity index is 1000. The largest absolute Gasteiger partial charge is 0.379 e. The van der Waals surface area contributed by atoms with Crippen LogP contribution in [-0.4, -0.2) is 62.6 Å². The molecule has 1 aliphatic heterocycles. The summed E-state index contributed by atoms with van der Waals surface area (Å²) in [5, 5.41) is 14.6. The van der Waals surface area contributed by atoms with Crippen LogP contribution in [0.5, 0.6) is 0 Å². The van der Waals surface area contributed by atoms with E-state index in [9.17, 15) is 4.79 Å². The lowest BCUT2D eigenvalue weighted by atomic mass is 10.2. The first-order valence-corrected chi connectivity index (χ1v) is 12.1. The highest BCUT2D eigenvalue weighted by Crippen LogP contribution is 2.26. The molecule has 1 saturated heterocycles. The molecule has 0 atom stereocenters. The van der Waals surface area contributed by atoms with E-state index >= 15 is 0 Å². The minimum Gasteiger partial charge on any atom is -0.379 e. The molecule has 1 amide bonds. The number of rotatable bonds is 7. The van der Waals surface area contributed by atoms with Crippen LogP contribution in [0.2, 0.25) is 0 Å². The van der Waals surface area contributed by atoms with E-state index in [0.717, 1.165) is 59.6 Å². The van der Waals surface area contributed by atoms with Gasteiger partial charge in [0.1, 0.15) is 5.82 Å². The molecule has 0 unspecified atom stereocenters. The van der Waals surface area contributed by atoms with Crippen molar-refractivity contribution in [2.75, 3.05) is 37.4 Å². The smallest absolute Gasteiger partial charge is 0.236 e. The van der Waals surface area contributed by atoms with E-state index in [2.05, 4.69) is 41.3 Å². The van der Waals surface area contributed by atoms with Crippen LogP contribution in [0.25, 0.3) is 11.3 Å². The quantitative estimate of drug-likeness (QED) is 0.490. The second-order valence-electron chi connectivity index (χ2n) is 6.73. The van der Waals surface area contributed by atoms with Gasteiger partial charge < -0.3 is 14.6 Å². The molecular formula is C19H21BrN6O2S2. The minimum absolute atomic E-state index is 0.116. The number of thiazole rings is 1. The molecule has 1 fully saturated rings. The van der Waals surface area contributed by atoms with Crippen molar-refractivity contribution < 1.29 is 9.53 Å². The number of ether oxygens (including phenoxy) is 1. The van der Waals surface area contributed by atoms with Gasteiger partial charge in [-0.05, 0) is 12.1 Å². The Labute approximate surface area is 191 Å². The molecule has 1 N–H and O–H groups in total. The normalized spacial score (nSPS) is 14.7. The summed E-state index contributed by atoms with van der Waals surface area (Å²) in [6.45, 7) is 4.03. The van der Waals surface area contributed by atoms with Crippen molar-refractivity contribution in [2.45, 2.75) is 11.7 Å². The zero-order chi connectivity index (χ0) is 20.9. The third-order valence-corrected chi connectivity index (χ3v) is 6.92. The van der Waals surface area contributed by atoms with Gasteiger partial charge in [0.15, 0.2) is 10.3 Å². The van der Waals surface area contributed by atoms with Gasteiger partial charge in [-0.2, -0.15) is 0 Å². The predicted molar refractivity (Wildman–Crippen MR) is 122 cm³/mol. The number of nitrogens with zero attached hydrogens (tertiary/aromatic N) is 5. The molecule has 0 bridgehead atoms. The molecule has 1 aromatic carbocycles. The van der Waals surface area contributed by atoms with Gasteiger partial charge in [0.25, 0.3) is 0 Å². The summed E-state index contributed by atoms with van der Waals surface area (Å²) in [6.07, 6.45) is 0. The molecule has 30 heavy (non-hydrogen) atoms. The molecule has 0 radical (unpaired) electrons. The standard InChI is InChI=1S/C19H21BrN6O2S2/c1-25-16(10-26-6-8-28-9-7-26)23-24-19(25)30-12-17(27)22-18-21-15(11-29-18)13-2-4-14(20)5-3-13/h2-5,11H,6-10,12H2,1H3,(H,21,22,27). The van der Waals surface area contributed by atoms with E-state index in [1.807, 2.05) is 41.3 Å². The number of morpholine rings is 1. The number of nitrogens with one attached hydrogen (secondary N) is 1. The maximum Gasteiger partial charge on any atom is 0.236 e. The number of carbonyl (C=O) groups excluding carboxylic acids is 1. The molecule has 3 aromatic rings. The van der Waals surface area contributed by atoms with E-state index in [1.54, 1.807) is 0 Å². The minimum atomic E-state index is -0.116. The van der Waals surface area contributed by atoms with Gasteiger partial charge in [-0.1, -0.05) is 39.8 Å². The Morgan fingerprint density at radius 2 is 2.03 bits per heavy atom. The monoisotopic (exact) mass is 508 g/mol. The molecule has 3 heterocycles. The molecule has 2 aromatic heterocycles. The van der Waals surface area contributed by atoms with Gasteiger partial charge in [0.05, 0.1) is 31.2 Å². The molecular weight excluding hydrogens is 488 g/mol. The van der Waals surface area contributed by atoms with Crippen LogP contribution in [0.3, 0.4) is 0 Å². The summed E-state index contributed by atoms with van der Waals surface area (Å²) in [5.41, 5.74) is 1.85. The van der Waals surface area contributed by atoms with Crippen molar-refractivity contribution in [3.05, 3.63) is 39.9 Å². The van der Waals surface area contributed by atoms with Gasteiger partial charge in [0.2, 0.25) is 5.91 Å². The lowest BCUT2D eigenvalue weighted by Gasteiger charge is -2.25. The SMILES string of the molecule is Cn1c(CN2CCOCC2)nnc1SCC(=O)Nc1nc(-c2ccc(Br)cc2)cs1. The number of thioether (sulfide) groups is 1. The Morgan fingerprint density at radius 1 is 1.27 bits per heavy atom. The van der Waals surface area contributed by atoms with Gasteiger partial charge >= 0.3 is 0 Å². The van der Waals surface area contributed by atoms with Crippen molar-refractivity contribution >= 4 is 50.1 Å². The molecule has 158 valence electrons. The second kappa shape index (κ2) is 10.0. The highest BCUT2D eigenvalue weighted by atomic mass is 79.9. The molecule has 11 heteroatoms. The molecule has 4 rings (SSSR count). The van der Waals surface area contributed by atoms with Crippen molar-refractivity contribution in [1.82, 2.24) is 24.6 Å². The summed E-state index contributed by atoms with van der Waals surface area (Å²) < 4.78 is 8.34. The van der Waals surface area contributed by atoms with Crippen LogP contribution >= 0.6 is 39.0 Å². The third-order valence-electron chi connectivity index (χ3n) is 4.62. The van der Waals surface area contributed by atoms with Gasteiger partial charge in [-0.3, -0.25) is 9.69 Å². The van der Waals surface area contributed by atoms with Crippen LogP contribution in [0.1, 0.15) is 5.82 Å². The maximum absolute atomic E-state index is 12.4. The van der Waals surface area contributed by atoms with Gasteiger partial charge in [0, 0.05) is 35.6 Å². The topological polar surface area (TPSA) is 85.2 Å². The zero-order valence-corrected chi connectivity index (χ0v) is 19.6. The van der Waals surface area contributed by atoms with Crippen LogP contribution in [0.4, 0.5) is 5.13 Å². The van der Waals surface area contributed by atoms with Crippen LogP contribution in [0, 0.1) is 0 Å². The fourth-order valence-corrected chi connectivity index (χ4v) is 4.67. The number of benzene rings is 1. The first-order valence-electron chi connectivity index (χ1n) is 9.41. The number of carbonyl (C=O) groups is 1. The molecule has 0 saturated carbocycles. The van der Waals surface area contributed by atoms with E-state index in [-0.39, 0.29) is 11.7 Å². The number of hydrogen-bond donors (Lipinski definition) is 1. The number of hydrogen-bond acceptors (Lipinski definition) is 8. The Balaban J connectivity index is 1.29. The second-order valence-corrected chi connectivity index (χ2v) is 9.44. The number of halogens is 1.